The van der Waals surface area contributed by atoms with Crippen LogP contribution in [0.3, 0.4) is 0 Å². The van der Waals surface area contributed by atoms with Crippen molar-refractivity contribution >= 4 is 23.8 Å². The molecular weight excluding hydrogens is 431 g/mol. The fourth-order valence-corrected chi connectivity index (χ4v) is 4.01. The monoisotopic (exact) mass is 461 g/mol. The van der Waals surface area contributed by atoms with Gasteiger partial charge >= 0.3 is 12.1 Å². The summed E-state index contributed by atoms with van der Waals surface area (Å²) in [5, 5.41) is 14.1. The number of piperazine rings is 1. The molecule has 3 aliphatic rings. The van der Waals surface area contributed by atoms with Gasteiger partial charge in [0.15, 0.2) is 0 Å². The van der Waals surface area contributed by atoms with Crippen molar-refractivity contribution in [3.8, 4) is 0 Å². The number of hydrogen-bond acceptors (Lipinski definition) is 10. The number of likely N-dealkylation sites (N-methyl/N-ethyl adjacent to an activating group) is 1. The Morgan fingerprint density at radius 1 is 1.06 bits per heavy atom. The van der Waals surface area contributed by atoms with Crippen LogP contribution < -0.4 is 26.2 Å². The molecule has 0 saturated carbocycles. The number of nitrogen functional groups attached to an aromatic ring is 1. The van der Waals surface area contributed by atoms with E-state index in [4.69, 9.17) is 20.6 Å². The number of aliphatic carboxylic acids is 1. The number of aromatic nitrogens is 3. The smallest absolute Gasteiger partial charge is 0.475 e. The highest BCUT2D eigenvalue weighted by Crippen LogP contribution is 2.25. The zero-order chi connectivity index (χ0) is 23.3. The molecule has 1 aromatic heterocycles. The van der Waals surface area contributed by atoms with Crippen molar-refractivity contribution in [1.82, 2.24) is 30.5 Å². The first-order chi connectivity index (χ1) is 15.1. The van der Waals surface area contributed by atoms with Gasteiger partial charge in [-0.2, -0.15) is 28.1 Å². The maximum Gasteiger partial charge on any atom is 0.490 e. The second-order valence-corrected chi connectivity index (χ2v) is 8.09. The lowest BCUT2D eigenvalue weighted by molar-refractivity contribution is -0.192. The lowest BCUT2D eigenvalue weighted by atomic mass is 10.1. The van der Waals surface area contributed by atoms with E-state index < -0.39 is 12.1 Å². The van der Waals surface area contributed by atoms with Gasteiger partial charge in [0, 0.05) is 51.4 Å². The minimum Gasteiger partial charge on any atom is -0.475 e. The summed E-state index contributed by atoms with van der Waals surface area (Å²) in [5.41, 5.74) is 6.07. The molecule has 32 heavy (non-hydrogen) atoms. The number of nitrogens with one attached hydrogen (secondary N) is 2. The van der Waals surface area contributed by atoms with Crippen molar-refractivity contribution in [2.75, 3.05) is 74.9 Å². The molecule has 3 saturated heterocycles. The van der Waals surface area contributed by atoms with Crippen LogP contribution in [0.1, 0.15) is 12.8 Å². The minimum atomic E-state index is -5.08. The molecule has 4 heterocycles. The maximum atomic E-state index is 10.6. The molecule has 0 radical (unpaired) electrons. The average molecular weight is 461 g/mol. The van der Waals surface area contributed by atoms with Crippen molar-refractivity contribution in [3.63, 3.8) is 0 Å². The first-order valence-corrected chi connectivity index (χ1v) is 10.6. The fraction of sp³-hybridized carbons (Fsp3) is 0.778. The van der Waals surface area contributed by atoms with Crippen LogP contribution in [0.15, 0.2) is 0 Å². The lowest BCUT2D eigenvalue weighted by Gasteiger charge is -2.35. The van der Waals surface area contributed by atoms with Gasteiger partial charge < -0.3 is 36.2 Å². The lowest BCUT2D eigenvalue weighted by Crippen LogP contribution is -2.48. The van der Waals surface area contributed by atoms with Gasteiger partial charge in [-0.25, -0.2) is 4.79 Å². The number of carboxylic acid groups (broad SMARTS) is 1. The van der Waals surface area contributed by atoms with Crippen LogP contribution in [-0.2, 0) is 4.79 Å². The second kappa shape index (κ2) is 10.4. The Hall–Kier alpha value is -2.45. The number of nitrogens with zero attached hydrogens (tertiary/aromatic N) is 6. The number of nitrogens with two attached hydrogens (primary N) is 1. The second-order valence-electron chi connectivity index (χ2n) is 8.09. The number of halogens is 3. The molecule has 14 heteroatoms. The van der Waals surface area contributed by atoms with Crippen LogP contribution in [0.4, 0.5) is 31.0 Å². The molecular formula is C18H30F3N9O2. The molecule has 0 unspecified atom stereocenters. The summed E-state index contributed by atoms with van der Waals surface area (Å²) < 4.78 is 31.7. The van der Waals surface area contributed by atoms with Crippen molar-refractivity contribution < 1.29 is 23.1 Å². The fourth-order valence-electron chi connectivity index (χ4n) is 4.01. The first-order valence-electron chi connectivity index (χ1n) is 10.6. The van der Waals surface area contributed by atoms with Gasteiger partial charge in [-0.3, -0.25) is 0 Å². The van der Waals surface area contributed by atoms with Crippen molar-refractivity contribution in [2.45, 2.75) is 31.1 Å². The number of carbonyl (C=O) groups is 1. The summed E-state index contributed by atoms with van der Waals surface area (Å²) in [4.78, 5) is 29.6. The summed E-state index contributed by atoms with van der Waals surface area (Å²) in [7, 11) is 2.15. The quantitative estimate of drug-likeness (QED) is 0.456. The molecule has 2 atom stereocenters. The minimum absolute atomic E-state index is 0.320. The van der Waals surface area contributed by atoms with E-state index in [9.17, 15) is 13.2 Å². The molecule has 0 bridgehead atoms. The van der Waals surface area contributed by atoms with E-state index in [1.54, 1.807) is 0 Å². The summed E-state index contributed by atoms with van der Waals surface area (Å²) in [6.07, 6.45) is -2.85. The van der Waals surface area contributed by atoms with E-state index in [2.05, 4.69) is 42.3 Å². The van der Waals surface area contributed by atoms with Gasteiger partial charge in [-0.1, -0.05) is 0 Å². The number of rotatable bonds is 4. The highest BCUT2D eigenvalue weighted by Gasteiger charge is 2.38. The van der Waals surface area contributed by atoms with Crippen LogP contribution in [0.25, 0.3) is 0 Å². The van der Waals surface area contributed by atoms with Gasteiger partial charge in [0.25, 0.3) is 0 Å². The summed E-state index contributed by atoms with van der Waals surface area (Å²) >= 11 is 0. The summed E-state index contributed by atoms with van der Waals surface area (Å²) in [6.45, 7) is 7.94. The normalized spacial score (nSPS) is 24.2. The number of carboxylic acids is 1. The molecule has 1 aromatic rings. The summed E-state index contributed by atoms with van der Waals surface area (Å²) in [6, 6.07) is 0.846. The third-order valence-corrected chi connectivity index (χ3v) is 5.74. The Morgan fingerprint density at radius 3 is 2.03 bits per heavy atom. The summed E-state index contributed by atoms with van der Waals surface area (Å²) in [5.74, 6) is -0.977. The molecule has 0 spiro atoms. The molecule has 3 aliphatic heterocycles. The van der Waals surface area contributed by atoms with E-state index >= 15 is 0 Å². The third kappa shape index (κ3) is 6.29. The zero-order valence-electron chi connectivity index (χ0n) is 18.0. The van der Waals surface area contributed by atoms with Gasteiger partial charge in [0.2, 0.25) is 17.8 Å². The largest absolute Gasteiger partial charge is 0.490 e. The van der Waals surface area contributed by atoms with Crippen molar-refractivity contribution in [1.29, 1.82) is 0 Å². The first kappa shape index (κ1) is 24.2. The van der Waals surface area contributed by atoms with Crippen LogP contribution >= 0.6 is 0 Å². The van der Waals surface area contributed by atoms with E-state index in [1.165, 1.54) is 0 Å². The molecule has 3 fully saturated rings. The Kier molecular flexibility index (Phi) is 7.90. The zero-order valence-corrected chi connectivity index (χ0v) is 18.0. The van der Waals surface area contributed by atoms with E-state index in [0.717, 1.165) is 77.1 Å². The molecule has 180 valence electrons. The van der Waals surface area contributed by atoms with E-state index in [1.807, 2.05) is 0 Å². The number of alkyl halides is 3. The number of hydrogen-bond donors (Lipinski definition) is 4. The highest BCUT2D eigenvalue weighted by atomic mass is 19.4. The molecule has 0 aromatic carbocycles. The standard InChI is InChI=1S/C16H29N9.C2HF3O2/c1-23-6-8-24(9-7-23)15-20-14(17)21-16(22-15)25(12-2-4-18-10-12)13-3-5-19-11-13;3-2(4,5)1(6)7/h12-13,18-19H,2-11H2,1H3,(H2,17,20,21,22);(H,6,7)/t12-,13-;/m1./s1. The van der Waals surface area contributed by atoms with E-state index in [-0.39, 0.29) is 0 Å². The van der Waals surface area contributed by atoms with Gasteiger partial charge in [-0.15, -0.1) is 0 Å². The highest BCUT2D eigenvalue weighted by molar-refractivity contribution is 5.73. The Morgan fingerprint density at radius 2 is 1.59 bits per heavy atom. The predicted octanol–water partition coefficient (Wildman–Crippen LogP) is -0.631. The van der Waals surface area contributed by atoms with Crippen LogP contribution in [0, 0.1) is 0 Å². The molecule has 0 aliphatic carbocycles. The molecule has 4 rings (SSSR count). The third-order valence-electron chi connectivity index (χ3n) is 5.74. The van der Waals surface area contributed by atoms with Crippen molar-refractivity contribution in [3.05, 3.63) is 0 Å². The topological polar surface area (TPSA) is 136 Å². The van der Waals surface area contributed by atoms with Crippen LogP contribution in [0.5, 0.6) is 0 Å². The number of anilines is 3. The van der Waals surface area contributed by atoms with Crippen LogP contribution in [0.2, 0.25) is 0 Å². The molecule has 0 amide bonds. The average Bonchev–Trinajstić information content (AvgIpc) is 3.43. The van der Waals surface area contributed by atoms with Crippen LogP contribution in [-0.4, -0.2) is 109 Å². The van der Waals surface area contributed by atoms with Gasteiger partial charge in [-0.05, 0) is 33.0 Å². The van der Waals surface area contributed by atoms with Gasteiger partial charge in [0.05, 0.1) is 0 Å². The Balaban J connectivity index is 0.000000360. The molecule has 11 nitrogen and oxygen atoms in total. The molecule has 5 N–H and O–H groups in total. The predicted molar refractivity (Wildman–Crippen MR) is 113 cm³/mol. The Labute approximate surface area is 184 Å². The van der Waals surface area contributed by atoms with E-state index in [0.29, 0.717) is 18.0 Å². The van der Waals surface area contributed by atoms with Gasteiger partial charge in [0.1, 0.15) is 0 Å². The maximum absolute atomic E-state index is 10.6. The van der Waals surface area contributed by atoms with Crippen molar-refractivity contribution in [2.24, 2.45) is 0 Å². The Bertz CT molecular complexity index is 747. The SMILES string of the molecule is CN1CCN(c2nc(N)nc(N([C@@H]3CCNC3)[C@@H]3CCNC3)n2)CC1.O=C(O)C(F)(F)F.